The minimum atomic E-state index is 0.616. The van der Waals surface area contributed by atoms with Gasteiger partial charge in [-0.2, -0.15) is 0 Å². The Kier molecular flexibility index (Phi) is 3.25. The van der Waals surface area contributed by atoms with Gasteiger partial charge in [-0.3, -0.25) is 0 Å². The third-order valence-corrected chi connectivity index (χ3v) is 2.30. The van der Waals surface area contributed by atoms with Gasteiger partial charge in [0.2, 0.25) is 5.88 Å². The maximum Gasteiger partial charge on any atom is 0.221 e. The molecule has 0 aliphatic carbocycles. The van der Waals surface area contributed by atoms with E-state index in [1.165, 1.54) is 0 Å². The summed E-state index contributed by atoms with van der Waals surface area (Å²) in [5.41, 5.74) is 0. The molecule has 0 saturated carbocycles. The van der Waals surface area contributed by atoms with E-state index in [0.29, 0.717) is 19.1 Å². The van der Waals surface area contributed by atoms with Crippen molar-refractivity contribution in [2.24, 2.45) is 0 Å². The topological polar surface area (TPSA) is 31.4 Å². The minimum absolute atomic E-state index is 0.616. The Labute approximate surface area is 95.0 Å². The molecular formula is C13H15NO2. The highest BCUT2D eigenvalue weighted by atomic mass is 16.5. The molecule has 0 aliphatic heterocycles. The Balaban J connectivity index is 2.57. The van der Waals surface area contributed by atoms with Crippen LogP contribution in [0.15, 0.2) is 30.5 Å². The van der Waals surface area contributed by atoms with Crippen LogP contribution in [0.3, 0.4) is 0 Å². The Hall–Kier alpha value is -1.77. The van der Waals surface area contributed by atoms with E-state index < -0.39 is 0 Å². The van der Waals surface area contributed by atoms with Crippen LogP contribution in [0.4, 0.5) is 0 Å². The lowest BCUT2D eigenvalue weighted by atomic mass is 10.1. The van der Waals surface area contributed by atoms with E-state index in [0.717, 1.165) is 16.5 Å². The van der Waals surface area contributed by atoms with E-state index in [4.69, 9.17) is 9.47 Å². The van der Waals surface area contributed by atoms with Crippen molar-refractivity contribution in [3.8, 4) is 11.6 Å². The predicted molar refractivity (Wildman–Crippen MR) is 64.1 cm³/mol. The third kappa shape index (κ3) is 1.94. The fraction of sp³-hybridized carbons (Fsp3) is 0.308. The molecule has 2 rings (SSSR count). The largest absolute Gasteiger partial charge is 0.492 e. The maximum atomic E-state index is 5.53. The Morgan fingerprint density at radius 1 is 1.00 bits per heavy atom. The number of rotatable bonds is 4. The molecule has 1 aromatic heterocycles. The van der Waals surface area contributed by atoms with Gasteiger partial charge in [0.05, 0.1) is 19.4 Å². The summed E-state index contributed by atoms with van der Waals surface area (Å²) in [7, 11) is 0. The quantitative estimate of drug-likeness (QED) is 0.788. The number of hydrogen-bond donors (Lipinski definition) is 0. The molecular weight excluding hydrogens is 202 g/mol. The van der Waals surface area contributed by atoms with Gasteiger partial charge in [-0.15, -0.1) is 0 Å². The smallest absolute Gasteiger partial charge is 0.221 e. The molecule has 0 aliphatic rings. The van der Waals surface area contributed by atoms with Crippen molar-refractivity contribution in [3.05, 3.63) is 30.5 Å². The van der Waals surface area contributed by atoms with Gasteiger partial charge >= 0.3 is 0 Å². The van der Waals surface area contributed by atoms with E-state index in [1.807, 2.05) is 38.1 Å². The lowest BCUT2D eigenvalue weighted by Gasteiger charge is -2.10. The second kappa shape index (κ2) is 4.84. The number of aromatic nitrogens is 1. The van der Waals surface area contributed by atoms with Crippen molar-refractivity contribution in [3.63, 3.8) is 0 Å². The molecule has 0 atom stereocenters. The predicted octanol–water partition coefficient (Wildman–Crippen LogP) is 3.03. The van der Waals surface area contributed by atoms with Crippen molar-refractivity contribution in [1.29, 1.82) is 0 Å². The molecule has 0 bridgehead atoms. The highest BCUT2D eigenvalue weighted by molar-refractivity contribution is 5.91. The van der Waals surface area contributed by atoms with Crippen molar-refractivity contribution < 1.29 is 9.47 Å². The van der Waals surface area contributed by atoms with Crippen LogP contribution >= 0.6 is 0 Å². The number of benzene rings is 1. The average molecular weight is 217 g/mol. The summed E-state index contributed by atoms with van der Waals surface area (Å²) in [6, 6.07) is 7.98. The van der Waals surface area contributed by atoms with Crippen LogP contribution in [0.2, 0.25) is 0 Å². The molecule has 0 saturated heterocycles. The van der Waals surface area contributed by atoms with Crippen LogP contribution < -0.4 is 9.47 Å². The molecule has 0 amide bonds. The Morgan fingerprint density at radius 3 is 2.38 bits per heavy atom. The normalized spacial score (nSPS) is 10.4. The number of hydrogen-bond acceptors (Lipinski definition) is 3. The molecule has 0 fully saturated rings. The van der Waals surface area contributed by atoms with E-state index in [-0.39, 0.29) is 0 Å². The standard InChI is InChI=1S/C13H15NO2/c1-3-15-12-9-14-13(16-4-2)11-8-6-5-7-10(11)12/h5-9H,3-4H2,1-2H3. The van der Waals surface area contributed by atoms with Gasteiger partial charge in [0.1, 0.15) is 5.75 Å². The molecule has 0 radical (unpaired) electrons. The Morgan fingerprint density at radius 2 is 1.69 bits per heavy atom. The highest BCUT2D eigenvalue weighted by Crippen LogP contribution is 2.30. The molecule has 1 heterocycles. The first-order chi connectivity index (χ1) is 7.86. The zero-order valence-electron chi connectivity index (χ0n) is 9.56. The molecule has 0 spiro atoms. The van der Waals surface area contributed by atoms with Gasteiger partial charge in [-0.05, 0) is 19.9 Å². The second-order valence-corrected chi connectivity index (χ2v) is 3.34. The highest BCUT2D eigenvalue weighted by Gasteiger charge is 2.07. The van der Waals surface area contributed by atoms with Crippen molar-refractivity contribution in [2.75, 3.05) is 13.2 Å². The summed E-state index contributed by atoms with van der Waals surface area (Å²) in [4.78, 5) is 4.27. The molecule has 1 aromatic carbocycles. The van der Waals surface area contributed by atoms with Gasteiger partial charge in [0, 0.05) is 10.8 Å². The van der Waals surface area contributed by atoms with Crippen molar-refractivity contribution >= 4 is 10.8 Å². The Bertz CT molecular complexity index is 438. The van der Waals surface area contributed by atoms with E-state index >= 15 is 0 Å². The van der Waals surface area contributed by atoms with E-state index in [1.54, 1.807) is 6.20 Å². The third-order valence-electron chi connectivity index (χ3n) is 2.30. The zero-order chi connectivity index (χ0) is 11.4. The van der Waals surface area contributed by atoms with Gasteiger partial charge < -0.3 is 9.47 Å². The van der Waals surface area contributed by atoms with Crippen molar-refractivity contribution in [1.82, 2.24) is 4.98 Å². The van der Waals surface area contributed by atoms with Crippen LogP contribution in [0, 0.1) is 0 Å². The first kappa shape index (κ1) is 10.7. The number of pyridine rings is 1. The summed E-state index contributed by atoms with van der Waals surface area (Å²) in [5.74, 6) is 1.48. The molecule has 2 aromatic rings. The monoisotopic (exact) mass is 217 g/mol. The summed E-state index contributed by atoms with van der Waals surface area (Å²) in [5, 5.41) is 2.04. The fourth-order valence-electron chi connectivity index (χ4n) is 1.66. The first-order valence-electron chi connectivity index (χ1n) is 5.50. The van der Waals surface area contributed by atoms with E-state index in [9.17, 15) is 0 Å². The average Bonchev–Trinajstić information content (AvgIpc) is 2.33. The van der Waals surface area contributed by atoms with Crippen molar-refractivity contribution in [2.45, 2.75) is 13.8 Å². The van der Waals surface area contributed by atoms with Crippen LogP contribution in [-0.2, 0) is 0 Å². The number of fused-ring (bicyclic) bond motifs is 1. The lowest BCUT2D eigenvalue weighted by Crippen LogP contribution is -1.98. The second-order valence-electron chi connectivity index (χ2n) is 3.34. The first-order valence-corrected chi connectivity index (χ1v) is 5.50. The summed E-state index contributed by atoms with van der Waals surface area (Å²) in [6.07, 6.45) is 1.72. The minimum Gasteiger partial charge on any atom is -0.492 e. The summed E-state index contributed by atoms with van der Waals surface area (Å²) < 4.78 is 11.0. The van der Waals surface area contributed by atoms with Gasteiger partial charge in [0.15, 0.2) is 0 Å². The van der Waals surface area contributed by atoms with Gasteiger partial charge in [-0.1, -0.05) is 18.2 Å². The SMILES string of the molecule is CCOc1cnc(OCC)c2ccccc12. The molecule has 16 heavy (non-hydrogen) atoms. The molecule has 3 heteroatoms. The molecule has 0 N–H and O–H groups in total. The van der Waals surface area contributed by atoms with Crippen LogP contribution in [-0.4, -0.2) is 18.2 Å². The lowest BCUT2D eigenvalue weighted by molar-refractivity contribution is 0.324. The van der Waals surface area contributed by atoms with Gasteiger partial charge in [0.25, 0.3) is 0 Å². The maximum absolute atomic E-state index is 5.53. The fourth-order valence-corrected chi connectivity index (χ4v) is 1.66. The van der Waals surface area contributed by atoms with E-state index in [2.05, 4.69) is 4.98 Å². The molecule has 0 unspecified atom stereocenters. The van der Waals surface area contributed by atoms with Crippen LogP contribution in [0.5, 0.6) is 11.6 Å². The van der Waals surface area contributed by atoms with Crippen LogP contribution in [0.25, 0.3) is 10.8 Å². The summed E-state index contributed by atoms with van der Waals surface area (Å²) >= 11 is 0. The molecule has 84 valence electrons. The van der Waals surface area contributed by atoms with Crippen LogP contribution in [0.1, 0.15) is 13.8 Å². The molecule has 3 nitrogen and oxygen atoms in total. The summed E-state index contributed by atoms with van der Waals surface area (Å²) in [6.45, 7) is 5.17. The zero-order valence-corrected chi connectivity index (χ0v) is 9.56. The number of nitrogens with zero attached hydrogens (tertiary/aromatic N) is 1. The van der Waals surface area contributed by atoms with Gasteiger partial charge in [-0.25, -0.2) is 4.98 Å². The number of ether oxygens (including phenoxy) is 2.